The Labute approximate surface area is 202 Å². The van der Waals surface area contributed by atoms with Crippen LogP contribution in [-0.2, 0) is 9.59 Å². The molecule has 1 unspecified atom stereocenters. The molecular weight excluding hydrogens is 473 g/mol. The number of rotatable bonds is 11. The van der Waals surface area contributed by atoms with Gasteiger partial charge in [-0.15, -0.1) is 5.11 Å². The number of ether oxygens (including phenoxy) is 4. The third kappa shape index (κ3) is 6.49. The van der Waals surface area contributed by atoms with Crippen molar-refractivity contribution in [3.63, 3.8) is 0 Å². The first-order valence-corrected chi connectivity index (χ1v) is 10.7. The average Bonchev–Trinajstić information content (AvgIpc) is 2.76. The molecule has 1 atom stereocenters. The van der Waals surface area contributed by atoms with Crippen LogP contribution >= 0.6 is 23.2 Å². The number of carbonyl (C=O) groups is 2. The van der Waals surface area contributed by atoms with Crippen molar-refractivity contribution in [3.8, 4) is 23.0 Å². The lowest BCUT2D eigenvalue weighted by Crippen LogP contribution is -2.32. The van der Waals surface area contributed by atoms with Gasteiger partial charge in [-0.05, 0) is 32.9 Å². The van der Waals surface area contributed by atoms with Crippen LogP contribution in [0.1, 0.15) is 20.8 Å². The molecule has 0 saturated heterocycles. The van der Waals surface area contributed by atoms with E-state index in [1.165, 1.54) is 33.3 Å². The number of methoxy groups -OCH3 is 2. The Hall–Kier alpha value is -3.04. The largest absolute Gasteiger partial charge is 0.494 e. The molecule has 0 bridgehead atoms. The van der Waals surface area contributed by atoms with Crippen LogP contribution in [0.2, 0.25) is 10.0 Å². The van der Waals surface area contributed by atoms with E-state index in [2.05, 4.69) is 15.5 Å². The van der Waals surface area contributed by atoms with Crippen LogP contribution in [0.15, 0.2) is 34.5 Å². The minimum absolute atomic E-state index is 0.142. The molecule has 0 aromatic heterocycles. The molecule has 9 nitrogen and oxygen atoms in total. The third-order valence-electron chi connectivity index (χ3n) is 4.26. The highest BCUT2D eigenvalue weighted by Crippen LogP contribution is 2.43. The van der Waals surface area contributed by atoms with E-state index >= 15 is 0 Å². The monoisotopic (exact) mass is 497 g/mol. The first-order chi connectivity index (χ1) is 15.8. The molecule has 0 saturated carbocycles. The lowest BCUT2D eigenvalue weighted by atomic mass is 10.2. The second kappa shape index (κ2) is 12.3. The zero-order chi connectivity index (χ0) is 24.5. The van der Waals surface area contributed by atoms with E-state index in [4.69, 9.17) is 42.1 Å². The van der Waals surface area contributed by atoms with Gasteiger partial charge >= 0.3 is 0 Å². The van der Waals surface area contributed by atoms with Crippen molar-refractivity contribution in [1.29, 1.82) is 0 Å². The van der Waals surface area contributed by atoms with E-state index < -0.39 is 17.7 Å². The maximum absolute atomic E-state index is 13.0. The Kier molecular flexibility index (Phi) is 9.74. The Morgan fingerprint density at radius 3 is 2.09 bits per heavy atom. The number of Topliss-reactive ketones (excluding diaryl/α,β-unsaturated/α-hetero) is 1. The Balaban J connectivity index is 2.45. The van der Waals surface area contributed by atoms with E-state index in [-0.39, 0.29) is 22.1 Å². The summed E-state index contributed by atoms with van der Waals surface area (Å²) in [4.78, 5) is 25.3. The van der Waals surface area contributed by atoms with Crippen molar-refractivity contribution in [3.05, 3.63) is 34.3 Å². The molecule has 0 aliphatic heterocycles. The molecule has 2 rings (SSSR count). The highest BCUT2D eigenvalue weighted by molar-refractivity contribution is 6.32. The number of hydrogen-bond donors (Lipinski definition) is 1. The van der Waals surface area contributed by atoms with Crippen LogP contribution in [-0.4, -0.2) is 45.2 Å². The van der Waals surface area contributed by atoms with Crippen LogP contribution in [0.3, 0.4) is 0 Å². The Morgan fingerprint density at radius 2 is 1.61 bits per heavy atom. The maximum atomic E-state index is 13.0. The molecule has 0 heterocycles. The molecule has 0 aliphatic rings. The Morgan fingerprint density at radius 1 is 1.00 bits per heavy atom. The van der Waals surface area contributed by atoms with Gasteiger partial charge in [-0.3, -0.25) is 9.59 Å². The normalized spacial score (nSPS) is 11.7. The number of halogens is 2. The van der Waals surface area contributed by atoms with Crippen molar-refractivity contribution in [2.24, 2.45) is 10.2 Å². The molecule has 11 heteroatoms. The molecule has 1 amide bonds. The van der Waals surface area contributed by atoms with Crippen molar-refractivity contribution in [1.82, 2.24) is 0 Å². The summed E-state index contributed by atoms with van der Waals surface area (Å²) in [6.45, 7) is 5.43. The number of benzene rings is 2. The van der Waals surface area contributed by atoms with Crippen LogP contribution in [0.5, 0.6) is 23.0 Å². The molecule has 2 aromatic carbocycles. The van der Waals surface area contributed by atoms with Crippen LogP contribution in [0, 0.1) is 0 Å². The van der Waals surface area contributed by atoms with E-state index in [1.807, 2.05) is 0 Å². The van der Waals surface area contributed by atoms with Gasteiger partial charge in [0.1, 0.15) is 22.9 Å². The predicted octanol–water partition coefficient (Wildman–Crippen LogP) is 5.49. The van der Waals surface area contributed by atoms with E-state index in [0.717, 1.165) is 0 Å². The summed E-state index contributed by atoms with van der Waals surface area (Å²) in [6, 6.07) is 4.74. The smallest absolute Gasteiger partial charge is 0.259 e. The highest BCUT2D eigenvalue weighted by Gasteiger charge is 2.27. The zero-order valence-electron chi connectivity index (χ0n) is 18.9. The van der Waals surface area contributed by atoms with Gasteiger partial charge in [0.05, 0.1) is 32.5 Å². The second-order valence-corrected chi connectivity index (χ2v) is 7.34. The fraction of sp³-hybridized carbons (Fsp3) is 0.364. The van der Waals surface area contributed by atoms with Gasteiger partial charge in [-0.25, -0.2) is 0 Å². The molecule has 0 spiro atoms. The fourth-order valence-corrected chi connectivity index (χ4v) is 3.26. The van der Waals surface area contributed by atoms with Gasteiger partial charge in [0.25, 0.3) is 5.91 Å². The number of hydrogen-bond acceptors (Lipinski definition) is 8. The lowest BCUT2D eigenvalue weighted by Gasteiger charge is -2.18. The van der Waals surface area contributed by atoms with Gasteiger partial charge < -0.3 is 24.3 Å². The zero-order valence-corrected chi connectivity index (χ0v) is 20.4. The first kappa shape index (κ1) is 26.2. The van der Waals surface area contributed by atoms with Gasteiger partial charge in [0.15, 0.2) is 17.2 Å². The van der Waals surface area contributed by atoms with Gasteiger partial charge in [0, 0.05) is 17.2 Å². The molecular formula is C22H25Cl2N3O6. The number of amides is 1. The van der Waals surface area contributed by atoms with E-state index in [1.54, 1.807) is 26.0 Å². The molecule has 1 N–H and O–H groups in total. The summed E-state index contributed by atoms with van der Waals surface area (Å²) in [6.07, 6.45) is 0. The summed E-state index contributed by atoms with van der Waals surface area (Å²) in [5, 5.41) is 11.3. The molecule has 0 aliphatic carbocycles. The van der Waals surface area contributed by atoms with Crippen molar-refractivity contribution in [2.45, 2.75) is 26.8 Å². The van der Waals surface area contributed by atoms with E-state index in [0.29, 0.717) is 35.5 Å². The number of azo groups is 1. The quantitative estimate of drug-likeness (QED) is 0.324. The number of nitrogens with zero attached hydrogens (tertiary/aromatic N) is 2. The standard InChI is InChI=1S/C22H25Cl2N3O6/c1-6-32-16-10-13(23)11-17(33-7-2)19(16)25-22(29)18(12(3)28)26-27-20-15(30-4)9-8-14(24)21(20)31-5/h8-11,18H,6-7H2,1-5H3,(H,25,29). The fourth-order valence-electron chi connectivity index (χ4n) is 2.83. The third-order valence-corrected chi connectivity index (χ3v) is 4.77. The minimum atomic E-state index is -1.47. The summed E-state index contributed by atoms with van der Waals surface area (Å²) < 4.78 is 21.7. The lowest BCUT2D eigenvalue weighted by molar-refractivity contribution is -0.126. The number of nitrogens with one attached hydrogen (secondary N) is 1. The summed E-state index contributed by atoms with van der Waals surface area (Å²) >= 11 is 12.3. The number of anilines is 1. The maximum Gasteiger partial charge on any atom is 0.259 e. The molecule has 2 aromatic rings. The first-order valence-electron chi connectivity index (χ1n) is 9.99. The summed E-state index contributed by atoms with van der Waals surface area (Å²) in [7, 11) is 2.84. The number of ketones is 1. The molecule has 178 valence electrons. The van der Waals surface area contributed by atoms with E-state index in [9.17, 15) is 9.59 Å². The molecule has 0 fully saturated rings. The SMILES string of the molecule is CCOc1cc(Cl)cc(OCC)c1NC(=O)C(N=Nc1c(OC)ccc(Cl)c1OC)C(C)=O. The van der Waals surface area contributed by atoms with Gasteiger partial charge in [-0.1, -0.05) is 23.2 Å². The topological polar surface area (TPSA) is 108 Å². The van der Waals surface area contributed by atoms with Crippen LogP contribution in [0.4, 0.5) is 11.4 Å². The minimum Gasteiger partial charge on any atom is -0.494 e. The second-order valence-electron chi connectivity index (χ2n) is 6.49. The predicted molar refractivity (Wildman–Crippen MR) is 126 cm³/mol. The summed E-state index contributed by atoms with van der Waals surface area (Å²) in [5.74, 6) is -0.204. The van der Waals surface area contributed by atoms with Crippen LogP contribution < -0.4 is 24.3 Å². The highest BCUT2D eigenvalue weighted by atomic mass is 35.5. The van der Waals surface area contributed by atoms with Gasteiger partial charge in [-0.2, -0.15) is 5.11 Å². The molecule has 33 heavy (non-hydrogen) atoms. The van der Waals surface area contributed by atoms with Crippen molar-refractivity contribution in [2.75, 3.05) is 32.8 Å². The Bertz CT molecular complexity index is 1020. The van der Waals surface area contributed by atoms with Crippen molar-refractivity contribution >= 4 is 46.3 Å². The number of carbonyl (C=O) groups excluding carboxylic acids is 2. The van der Waals surface area contributed by atoms with Gasteiger partial charge in [0.2, 0.25) is 6.04 Å². The van der Waals surface area contributed by atoms with Crippen LogP contribution in [0.25, 0.3) is 0 Å². The molecule has 0 radical (unpaired) electrons. The summed E-state index contributed by atoms with van der Waals surface area (Å²) in [5.41, 5.74) is 0.371. The average molecular weight is 498 g/mol. The van der Waals surface area contributed by atoms with Crippen molar-refractivity contribution < 1.29 is 28.5 Å².